The lowest BCUT2D eigenvalue weighted by Crippen LogP contribution is -2.49. The van der Waals surface area contributed by atoms with Gasteiger partial charge in [-0.15, -0.1) is 0 Å². The van der Waals surface area contributed by atoms with E-state index in [0.29, 0.717) is 19.8 Å². The molecule has 0 radical (unpaired) electrons. The molecule has 0 heterocycles. The molecule has 0 saturated carbocycles. The lowest BCUT2D eigenvalue weighted by atomic mass is 9.87. The number of aliphatic hydroxyl groups excluding tert-OH is 1. The maximum Gasteiger partial charge on any atom is 0.0700 e. The fourth-order valence-corrected chi connectivity index (χ4v) is 2.32. The van der Waals surface area contributed by atoms with E-state index in [0.717, 1.165) is 12.0 Å². The minimum atomic E-state index is -0.456. The number of ether oxygens (including phenoxy) is 2. The van der Waals surface area contributed by atoms with Gasteiger partial charge >= 0.3 is 0 Å². The molecule has 1 aromatic carbocycles. The number of benzene rings is 1. The van der Waals surface area contributed by atoms with Gasteiger partial charge in [-0.05, 0) is 25.8 Å². The van der Waals surface area contributed by atoms with Gasteiger partial charge in [-0.2, -0.15) is 0 Å². The first-order valence-electron chi connectivity index (χ1n) is 7.15. The van der Waals surface area contributed by atoms with Gasteiger partial charge in [-0.1, -0.05) is 30.3 Å². The van der Waals surface area contributed by atoms with Gasteiger partial charge in [0.15, 0.2) is 0 Å². The zero-order valence-electron chi connectivity index (χ0n) is 12.8. The van der Waals surface area contributed by atoms with Crippen molar-refractivity contribution in [3.05, 3.63) is 35.9 Å². The maximum atomic E-state index is 9.94. The molecule has 20 heavy (non-hydrogen) atoms. The van der Waals surface area contributed by atoms with Crippen molar-refractivity contribution in [3.8, 4) is 0 Å². The average Bonchev–Trinajstić information content (AvgIpc) is 2.46. The average molecular weight is 281 g/mol. The Labute approximate surface area is 122 Å². The highest BCUT2D eigenvalue weighted by atomic mass is 16.5. The van der Waals surface area contributed by atoms with E-state index >= 15 is 0 Å². The van der Waals surface area contributed by atoms with Crippen molar-refractivity contribution < 1.29 is 14.6 Å². The van der Waals surface area contributed by atoms with Crippen molar-refractivity contribution in [2.45, 2.75) is 31.8 Å². The first-order chi connectivity index (χ1) is 9.64. The highest BCUT2D eigenvalue weighted by Gasteiger charge is 2.31. The molecule has 0 amide bonds. The molecule has 4 nitrogen and oxygen atoms in total. The minimum absolute atomic E-state index is 0.0445. The van der Waals surface area contributed by atoms with Crippen molar-refractivity contribution in [1.29, 1.82) is 0 Å². The summed E-state index contributed by atoms with van der Waals surface area (Å²) in [6.07, 6.45) is 0.718. The van der Waals surface area contributed by atoms with Crippen LogP contribution < -0.4 is 5.32 Å². The van der Waals surface area contributed by atoms with Gasteiger partial charge in [0.2, 0.25) is 0 Å². The number of aliphatic hydroxyl groups is 1. The van der Waals surface area contributed by atoms with Gasteiger partial charge in [-0.25, -0.2) is 0 Å². The molecule has 0 aromatic heterocycles. The fourth-order valence-electron chi connectivity index (χ4n) is 2.32. The molecule has 1 atom stereocenters. The van der Waals surface area contributed by atoms with Crippen LogP contribution in [0, 0.1) is 0 Å². The van der Waals surface area contributed by atoms with Gasteiger partial charge in [-0.3, -0.25) is 0 Å². The molecular formula is C16H27NO3. The Bertz CT molecular complexity index is 356. The molecule has 114 valence electrons. The summed E-state index contributed by atoms with van der Waals surface area (Å²) < 4.78 is 10.5. The Hall–Kier alpha value is -0.940. The summed E-state index contributed by atoms with van der Waals surface area (Å²) in [5, 5.41) is 13.4. The highest BCUT2D eigenvalue weighted by Crippen LogP contribution is 2.25. The molecule has 0 aliphatic rings. The second-order valence-electron chi connectivity index (χ2n) is 5.26. The van der Waals surface area contributed by atoms with Gasteiger partial charge < -0.3 is 19.9 Å². The van der Waals surface area contributed by atoms with E-state index in [4.69, 9.17) is 9.47 Å². The first kappa shape index (κ1) is 17.1. The van der Waals surface area contributed by atoms with Crippen LogP contribution >= 0.6 is 0 Å². The van der Waals surface area contributed by atoms with E-state index in [1.54, 1.807) is 7.11 Å². The van der Waals surface area contributed by atoms with E-state index in [2.05, 4.69) is 19.2 Å². The van der Waals surface area contributed by atoms with Gasteiger partial charge in [0.05, 0.1) is 25.4 Å². The molecule has 0 fully saturated rings. The van der Waals surface area contributed by atoms with Crippen molar-refractivity contribution in [1.82, 2.24) is 5.32 Å². The Morgan fingerprint density at radius 2 is 1.85 bits per heavy atom. The van der Waals surface area contributed by atoms with Crippen LogP contribution in [-0.2, 0) is 15.0 Å². The predicted molar refractivity (Wildman–Crippen MR) is 80.8 cm³/mol. The summed E-state index contributed by atoms with van der Waals surface area (Å²) in [5.74, 6) is 0. The van der Waals surface area contributed by atoms with E-state index in [9.17, 15) is 5.11 Å². The van der Waals surface area contributed by atoms with Crippen LogP contribution in [-0.4, -0.2) is 44.7 Å². The third kappa shape index (κ3) is 5.21. The third-order valence-electron chi connectivity index (χ3n) is 3.27. The molecular weight excluding hydrogens is 254 g/mol. The van der Waals surface area contributed by atoms with Crippen molar-refractivity contribution in [2.24, 2.45) is 0 Å². The van der Waals surface area contributed by atoms with Crippen LogP contribution in [0.2, 0.25) is 0 Å². The molecule has 0 aliphatic heterocycles. The van der Waals surface area contributed by atoms with Crippen molar-refractivity contribution in [3.63, 3.8) is 0 Å². The SMILES string of the molecule is COCCOCCC(CO)(NC(C)C)c1ccccc1. The van der Waals surface area contributed by atoms with Crippen LogP contribution in [0.25, 0.3) is 0 Å². The fraction of sp³-hybridized carbons (Fsp3) is 0.625. The third-order valence-corrected chi connectivity index (χ3v) is 3.27. The Morgan fingerprint density at radius 1 is 1.15 bits per heavy atom. The van der Waals surface area contributed by atoms with E-state index < -0.39 is 5.54 Å². The molecule has 0 spiro atoms. The largest absolute Gasteiger partial charge is 0.394 e. The van der Waals surface area contributed by atoms with Crippen LogP contribution in [0.15, 0.2) is 30.3 Å². The normalized spacial score (nSPS) is 14.4. The predicted octanol–water partition coefficient (Wildman–Crippen LogP) is 1.93. The lowest BCUT2D eigenvalue weighted by Gasteiger charge is -2.35. The zero-order chi connectivity index (χ0) is 14.8. The van der Waals surface area contributed by atoms with E-state index in [1.807, 2.05) is 30.3 Å². The van der Waals surface area contributed by atoms with Crippen molar-refractivity contribution >= 4 is 0 Å². The number of hydrogen-bond donors (Lipinski definition) is 2. The molecule has 0 aliphatic carbocycles. The summed E-state index contributed by atoms with van der Waals surface area (Å²) in [6.45, 7) is 5.96. The second kappa shape index (κ2) is 9.08. The number of hydrogen-bond acceptors (Lipinski definition) is 4. The molecule has 4 heteroatoms. The Balaban J connectivity index is 2.73. The van der Waals surface area contributed by atoms with Crippen LogP contribution in [0.3, 0.4) is 0 Å². The molecule has 1 aromatic rings. The standard InChI is InChI=1S/C16H27NO3/c1-14(2)17-16(13-18,9-10-20-12-11-19-3)15-7-5-4-6-8-15/h4-8,14,17-18H,9-13H2,1-3H3. The van der Waals surface area contributed by atoms with Crippen LogP contribution in [0.1, 0.15) is 25.8 Å². The number of methoxy groups -OCH3 is 1. The van der Waals surface area contributed by atoms with Crippen LogP contribution in [0.5, 0.6) is 0 Å². The Kier molecular flexibility index (Phi) is 7.77. The first-order valence-corrected chi connectivity index (χ1v) is 7.15. The summed E-state index contributed by atoms with van der Waals surface area (Å²) >= 11 is 0. The summed E-state index contributed by atoms with van der Waals surface area (Å²) in [5.41, 5.74) is 0.634. The second-order valence-corrected chi connectivity index (χ2v) is 5.26. The molecule has 0 saturated heterocycles. The highest BCUT2D eigenvalue weighted by molar-refractivity contribution is 5.25. The molecule has 2 N–H and O–H groups in total. The summed E-state index contributed by atoms with van der Waals surface area (Å²) in [4.78, 5) is 0. The lowest BCUT2D eigenvalue weighted by molar-refractivity contribution is 0.0443. The number of nitrogens with one attached hydrogen (secondary N) is 1. The smallest absolute Gasteiger partial charge is 0.0700 e. The monoisotopic (exact) mass is 281 g/mol. The summed E-state index contributed by atoms with van der Waals surface area (Å²) in [6, 6.07) is 10.3. The maximum absolute atomic E-state index is 9.94. The van der Waals surface area contributed by atoms with E-state index in [-0.39, 0.29) is 12.6 Å². The van der Waals surface area contributed by atoms with Gasteiger partial charge in [0, 0.05) is 19.8 Å². The molecule has 0 bridgehead atoms. The van der Waals surface area contributed by atoms with E-state index in [1.165, 1.54) is 0 Å². The van der Waals surface area contributed by atoms with Gasteiger partial charge in [0.25, 0.3) is 0 Å². The van der Waals surface area contributed by atoms with Gasteiger partial charge in [0.1, 0.15) is 0 Å². The quantitative estimate of drug-likeness (QED) is 0.643. The topological polar surface area (TPSA) is 50.7 Å². The Morgan fingerprint density at radius 3 is 2.40 bits per heavy atom. The van der Waals surface area contributed by atoms with Crippen LogP contribution in [0.4, 0.5) is 0 Å². The minimum Gasteiger partial charge on any atom is -0.394 e. The summed E-state index contributed by atoms with van der Waals surface area (Å²) in [7, 11) is 1.66. The molecule has 1 unspecified atom stereocenters. The zero-order valence-corrected chi connectivity index (χ0v) is 12.8. The number of rotatable bonds is 10. The molecule has 1 rings (SSSR count). The van der Waals surface area contributed by atoms with Crippen molar-refractivity contribution in [2.75, 3.05) is 33.5 Å².